The van der Waals surface area contributed by atoms with Crippen molar-refractivity contribution in [3.05, 3.63) is 46.5 Å². The fourth-order valence-corrected chi connectivity index (χ4v) is 3.67. The molecule has 150 valence electrons. The Labute approximate surface area is 166 Å². The van der Waals surface area contributed by atoms with Crippen molar-refractivity contribution in [2.75, 3.05) is 5.32 Å². The van der Waals surface area contributed by atoms with E-state index < -0.39 is 0 Å². The van der Waals surface area contributed by atoms with Gasteiger partial charge in [0.1, 0.15) is 0 Å². The Morgan fingerprint density at radius 2 is 1.93 bits per heavy atom. The molecule has 1 aliphatic heterocycles. The van der Waals surface area contributed by atoms with Gasteiger partial charge in [-0.2, -0.15) is 0 Å². The van der Waals surface area contributed by atoms with E-state index in [0.29, 0.717) is 18.1 Å². The van der Waals surface area contributed by atoms with Gasteiger partial charge in [-0.15, -0.1) is 0 Å². The molecule has 1 aromatic heterocycles. The van der Waals surface area contributed by atoms with Crippen LogP contribution in [0.5, 0.6) is 0 Å². The lowest BCUT2D eigenvalue weighted by Crippen LogP contribution is -2.42. The van der Waals surface area contributed by atoms with Gasteiger partial charge in [0.05, 0.1) is 5.69 Å². The molecule has 0 fully saturated rings. The molecule has 0 atom stereocenters. The molecular weight excluding hydrogens is 352 g/mol. The van der Waals surface area contributed by atoms with Crippen LogP contribution in [-0.2, 0) is 19.4 Å². The summed E-state index contributed by atoms with van der Waals surface area (Å²) in [7, 11) is 0. The predicted octanol–water partition coefficient (Wildman–Crippen LogP) is 3.87. The van der Waals surface area contributed by atoms with Crippen molar-refractivity contribution in [1.82, 2.24) is 14.9 Å². The molecule has 2 N–H and O–H groups in total. The summed E-state index contributed by atoms with van der Waals surface area (Å²) in [6, 6.07) is 6.00. The summed E-state index contributed by atoms with van der Waals surface area (Å²) in [6.45, 7) is 10.6. The highest BCUT2D eigenvalue weighted by molar-refractivity contribution is 6.05. The third-order valence-corrected chi connectivity index (χ3v) is 5.00. The molecule has 0 radical (unpaired) electrons. The van der Waals surface area contributed by atoms with Gasteiger partial charge in [0.2, 0.25) is 0 Å². The molecule has 3 rings (SSSR count). The van der Waals surface area contributed by atoms with Gasteiger partial charge in [0.15, 0.2) is 11.5 Å². The first-order valence-corrected chi connectivity index (χ1v) is 10.0. The van der Waals surface area contributed by atoms with Gasteiger partial charge < -0.3 is 15.2 Å². The Morgan fingerprint density at radius 1 is 1.18 bits per heavy atom. The molecular formula is C22H30N4O2. The number of nitrogens with one attached hydrogen (secondary N) is 2. The Balaban J connectivity index is 1.96. The number of rotatable bonds is 4. The van der Waals surface area contributed by atoms with E-state index in [9.17, 15) is 9.59 Å². The van der Waals surface area contributed by atoms with Crippen LogP contribution in [0.4, 0.5) is 5.69 Å². The monoisotopic (exact) mass is 382 g/mol. The maximum absolute atomic E-state index is 13.1. The lowest BCUT2D eigenvalue weighted by molar-refractivity contribution is 0.0903. The number of amides is 2. The van der Waals surface area contributed by atoms with Crippen LogP contribution in [0.2, 0.25) is 0 Å². The van der Waals surface area contributed by atoms with Crippen molar-refractivity contribution in [3.63, 3.8) is 0 Å². The van der Waals surface area contributed by atoms with Gasteiger partial charge >= 0.3 is 0 Å². The highest BCUT2D eigenvalue weighted by atomic mass is 16.2. The Bertz CT molecular complexity index is 906. The average Bonchev–Trinajstić information content (AvgIpc) is 3.02. The molecule has 0 bridgehead atoms. The number of para-hydroxylation sites is 1. The Morgan fingerprint density at radius 3 is 2.61 bits per heavy atom. The summed E-state index contributed by atoms with van der Waals surface area (Å²) >= 11 is 0. The number of hydrogen-bond donors (Lipinski definition) is 2. The normalized spacial score (nSPS) is 13.8. The zero-order chi connectivity index (χ0) is 20.5. The van der Waals surface area contributed by atoms with E-state index in [4.69, 9.17) is 0 Å². The minimum Gasteiger partial charge on any atom is -0.345 e. The van der Waals surface area contributed by atoms with E-state index in [0.717, 1.165) is 48.2 Å². The number of carbonyl (C=O) groups is 2. The van der Waals surface area contributed by atoms with E-state index in [2.05, 4.69) is 22.5 Å². The van der Waals surface area contributed by atoms with Crippen molar-refractivity contribution in [1.29, 1.82) is 0 Å². The standard InChI is InChI=1S/C22H30N4O2/c1-6-15-11-9-10-14(2)17(15)24-20(27)18-16-12-7-8-13-26(16)19(23-18)21(28)25-22(3,4)5/h9-11H,6-8,12-13H2,1-5H3,(H,24,27)(H,25,28). The second-order valence-electron chi connectivity index (χ2n) is 8.46. The summed E-state index contributed by atoms with van der Waals surface area (Å²) < 4.78 is 1.91. The van der Waals surface area contributed by atoms with Crippen LogP contribution >= 0.6 is 0 Å². The maximum Gasteiger partial charge on any atom is 0.287 e. The number of imidazole rings is 1. The molecule has 0 aliphatic carbocycles. The fourth-order valence-electron chi connectivity index (χ4n) is 3.67. The second-order valence-corrected chi connectivity index (χ2v) is 8.46. The third kappa shape index (κ3) is 4.11. The number of anilines is 1. The largest absolute Gasteiger partial charge is 0.345 e. The van der Waals surface area contributed by atoms with E-state index in [1.165, 1.54) is 0 Å². The lowest BCUT2D eigenvalue weighted by atomic mass is 10.0. The molecule has 6 heteroatoms. The third-order valence-electron chi connectivity index (χ3n) is 5.00. The number of aryl methyl sites for hydroxylation is 2. The number of fused-ring (bicyclic) bond motifs is 1. The number of aromatic nitrogens is 2. The summed E-state index contributed by atoms with van der Waals surface area (Å²) in [6.07, 6.45) is 3.57. The van der Waals surface area contributed by atoms with Crippen molar-refractivity contribution in [2.24, 2.45) is 0 Å². The van der Waals surface area contributed by atoms with E-state index in [1.54, 1.807) is 0 Å². The molecule has 1 aromatic carbocycles. The predicted molar refractivity (Wildman–Crippen MR) is 111 cm³/mol. The Hall–Kier alpha value is -2.63. The number of benzene rings is 1. The zero-order valence-corrected chi connectivity index (χ0v) is 17.5. The van der Waals surface area contributed by atoms with Crippen LogP contribution in [0.1, 0.15) is 78.5 Å². The molecule has 0 unspecified atom stereocenters. The highest BCUT2D eigenvalue weighted by Gasteiger charge is 2.29. The molecule has 6 nitrogen and oxygen atoms in total. The van der Waals surface area contributed by atoms with Gasteiger partial charge in [0, 0.05) is 17.8 Å². The fraction of sp³-hybridized carbons (Fsp3) is 0.500. The SMILES string of the molecule is CCc1cccc(C)c1NC(=O)c1nc(C(=O)NC(C)(C)C)n2c1CCCC2. The molecule has 0 saturated heterocycles. The van der Waals surface area contributed by atoms with Crippen LogP contribution in [0, 0.1) is 6.92 Å². The first kappa shape index (κ1) is 20.1. The first-order chi connectivity index (χ1) is 13.2. The maximum atomic E-state index is 13.1. The molecule has 2 heterocycles. The average molecular weight is 383 g/mol. The lowest BCUT2D eigenvalue weighted by Gasteiger charge is -2.22. The molecule has 0 saturated carbocycles. The minimum absolute atomic E-state index is 0.236. The van der Waals surface area contributed by atoms with Gasteiger partial charge in [-0.3, -0.25) is 9.59 Å². The van der Waals surface area contributed by atoms with Gasteiger partial charge in [-0.05, 0) is 64.5 Å². The number of nitrogens with zero attached hydrogens (tertiary/aromatic N) is 2. The highest BCUT2D eigenvalue weighted by Crippen LogP contribution is 2.25. The summed E-state index contributed by atoms with van der Waals surface area (Å²) in [5.74, 6) is -0.153. The summed E-state index contributed by atoms with van der Waals surface area (Å²) in [5.41, 5.74) is 3.81. The van der Waals surface area contributed by atoms with Crippen molar-refractivity contribution < 1.29 is 9.59 Å². The van der Waals surface area contributed by atoms with E-state index in [-0.39, 0.29) is 17.4 Å². The molecule has 0 spiro atoms. The smallest absolute Gasteiger partial charge is 0.287 e. The molecule has 2 amide bonds. The van der Waals surface area contributed by atoms with Crippen molar-refractivity contribution in [2.45, 2.75) is 72.4 Å². The van der Waals surface area contributed by atoms with E-state index in [1.807, 2.05) is 50.5 Å². The molecule has 1 aliphatic rings. The quantitative estimate of drug-likeness (QED) is 0.843. The van der Waals surface area contributed by atoms with Crippen molar-refractivity contribution >= 4 is 17.5 Å². The van der Waals surface area contributed by atoms with Crippen molar-refractivity contribution in [3.8, 4) is 0 Å². The number of hydrogen-bond acceptors (Lipinski definition) is 3. The summed E-state index contributed by atoms with van der Waals surface area (Å²) in [5, 5.41) is 6.01. The zero-order valence-electron chi connectivity index (χ0n) is 17.5. The van der Waals surface area contributed by atoms with Crippen LogP contribution < -0.4 is 10.6 Å². The van der Waals surface area contributed by atoms with Crippen LogP contribution in [0.3, 0.4) is 0 Å². The summed E-state index contributed by atoms with van der Waals surface area (Å²) in [4.78, 5) is 30.4. The molecule has 28 heavy (non-hydrogen) atoms. The van der Waals surface area contributed by atoms with Gasteiger partial charge in [-0.1, -0.05) is 25.1 Å². The van der Waals surface area contributed by atoms with Crippen LogP contribution in [0.15, 0.2) is 18.2 Å². The number of carbonyl (C=O) groups excluding carboxylic acids is 2. The van der Waals surface area contributed by atoms with Crippen LogP contribution in [-0.4, -0.2) is 26.9 Å². The topological polar surface area (TPSA) is 76.0 Å². The van der Waals surface area contributed by atoms with E-state index >= 15 is 0 Å². The Kier molecular flexibility index (Phi) is 5.59. The van der Waals surface area contributed by atoms with Gasteiger partial charge in [0.25, 0.3) is 11.8 Å². The van der Waals surface area contributed by atoms with Crippen LogP contribution in [0.25, 0.3) is 0 Å². The minimum atomic E-state index is -0.363. The van der Waals surface area contributed by atoms with Gasteiger partial charge in [-0.25, -0.2) is 4.98 Å². The molecule has 2 aromatic rings. The first-order valence-electron chi connectivity index (χ1n) is 10.0. The second kappa shape index (κ2) is 7.78.